The van der Waals surface area contributed by atoms with Gasteiger partial charge in [-0.2, -0.15) is 4.98 Å². The summed E-state index contributed by atoms with van der Waals surface area (Å²) >= 11 is 11.6. The van der Waals surface area contributed by atoms with E-state index in [0.29, 0.717) is 5.82 Å². The van der Waals surface area contributed by atoms with Gasteiger partial charge in [0.05, 0.1) is 0 Å². The maximum absolute atomic E-state index is 5.89. The van der Waals surface area contributed by atoms with Crippen LogP contribution < -0.4 is 5.32 Å². The summed E-state index contributed by atoms with van der Waals surface area (Å²) in [5.41, 5.74) is 1.24. The zero-order chi connectivity index (χ0) is 13.0. The highest BCUT2D eigenvalue weighted by molar-refractivity contribution is 6.32. The van der Waals surface area contributed by atoms with E-state index in [9.17, 15) is 0 Å². The van der Waals surface area contributed by atoms with Crippen molar-refractivity contribution in [1.29, 1.82) is 0 Å². The number of benzene rings is 1. The Bertz CT molecular complexity index is 519. The maximum Gasteiger partial charge on any atom is 0.245 e. The summed E-state index contributed by atoms with van der Waals surface area (Å²) in [7, 11) is 0. The fourth-order valence-corrected chi connectivity index (χ4v) is 1.89. The van der Waals surface area contributed by atoms with Crippen molar-refractivity contribution < 1.29 is 0 Å². The minimum Gasteiger partial charge on any atom is -0.365 e. The summed E-state index contributed by atoms with van der Waals surface area (Å²) in [6.45, 7) is 2.04. The molecule has 1 atom stereocenters. The zero-order valence-corrected chi connectivity index (χ0v) is 11.3. The maximum atomic E-state index is 5.89. The topological polar surface area (TPSA) is 50.7 Å². The van der Waals surface area contributed by atoms with Crippen LogP contribution in [0.5, 0.6) is 0 Å². The summed E-state index contributed by atoms with van der Waals surface area (Å²) in [4.78, 5) is 4.00. The van der Waals surface area contributed by atoms with Crippen molar-refractivity contribution in [3.63, 3.8) is 0 Å². The van der Waals surface area contributed by atoms with E-state index in [1.807, 2.05) is 25.1 Å². The van der Waals surface area contributed by atoms with Gasteiger partial charge in [-0.25, -0.2) is 0 Å². The molecule has 0 aliphatic carbocycles. The summed E-state index contributed by atoms with van der Waals surface area (Å²) in [6.07, 6.45) is 0.860. The van der Waals surface area contributed by atoms with E-state index in [4.69, 9.17) is 23.2 Å². The van der Waals surface area contributed by atoms with Crippen molar-refractivity contribution in [2.45, 2.75) is 19.4 Å². The highest BCUT2D eigenvalue weighted by Crippen LogP contribution is 2.18. The fraction of sp³-hybridized carbons (Fsp3) is 0.250. The molecule has 0 bridgehead atoms. The number of nitrogens with one attached hydrogen (secondary N) is 1. The minimum absolute atomic E-state index is 0.0776. The van der Waals surface area contributed by atoms with Gasteiger partial charge in [0.2, 0.25) is 5.28 Å². The molecule has 6 heteroatoms. The van der Waals surface area contributed by atoms with Crippen molar-refractivity contribution >= 4 is 29.0 Å². The Morgan fingerprint density at radius 1 is 1.17 bits per heavy atom. The Labute approximate surface area is 115 Å². The first-order valence-corrected chi connectivity index (χ1v) is 6.27. The molecule has 2 rings (SSSR count). The largest absolute Gasteiger partial charge is 0.365 e. The first kappa shape index (κ1) is 13.1. The molecule has 1 heterocycles. The van der Waals surface area contributed by atoms with Crippen LogP contribution >= 0.6 is 23.2 Å². The molecule has 0 aliphatic rings. The third-order valence-corrected chi connectivity index (χ3v) is 2.80. The average Bonchev–Trinajstić information content (AvgIpc) is 2.35. The van der Waals surface area contributed by atoms with E-state index in [0.717, 1.165) is 6.42 Å². The van der Waals surface area contributed by atoms with Gasteiger partial charge < -0.3 is 5.32 Å². The van der Waals surface area contributed by atoms with E-state index in [1.165, 1.54) is 5.56 Å². The predicted molar refractivity (Wildman–Crippen MR) is 73.1 cm³/mol. The third-order valence-electron chi connectivity index (χ3n) is 2.39. The van der Waals surface area contributed by atoms with Crippen LogP contribution in [-0.2, 0) is 6.42 Å². The average molecular weight is 283 g/mol. The molecule has 1 aromatic heterocycles. The lowest BCUT2D eigenvalue weighted by Gasteiger charge is -2.14. The molecule has 4 nitrogen and oxygen atoms in total. The normalized spacial score (nSPS) is 12.2. The number of anilines is 1. The van der Waals surface area contributed by atoms with Crippen molar-refractivity contribution in [2.75, 3.05) is 5.32 Å². The number of rotatable bonds is 4. The molecule has 1 aromatic carbocycles. The predicted octanol–water partition coefficient (Wildman–Crippen LogP) is 3.22. The van der Waals surface area contributed by atoms with Crippen LogP contribution in [0.3, 0.4) is 0 Å². The van der Waals surface area contributed by atoms with E-state index in [-0.39, 0.29) is 16.5 Å². The van der Waals surface area contributed by atoms with Crippen LogP contribution in [0.1, 0.15) is 12.5 Å². The molecule has 0 aliphatic heterocycles. The number of aromatic nitrogens is 3. The molecule has 0 saturated heterocycles. The van der Waals surface area contributed by atoms with Gasteiger partial charge in [0.1, 0.15) is 0 Å². The van der Waals surface area contributed by atoms with Gasteiger partial charge in [0.15, 0.2) is 11.0 Å². The monoisotopic (exact) mass is 282 g/mol. The Morgan fingerprint density at radius 2 is 1.89 bits per heavy atom. The van der Waals surface area contributed by atoms with Crippen LogP contribution in [0.2, 0.25) is 10.4 Å². The van der Waals surface area contributed by atoms with Gasteiger partial charge >= 0.3 is 0 Å². The molecule has 0 radical (unpaired) electrons. The van der Waals surface area contributed by atoms with Crippen molar-refractivity contribution in [3.05, 3.63) is 46.3 Å². The number of hydrogen-bond donors (Lipinski definition) is 1. The fourth-order valence-electron chi connectivity index (χ4n) is 1.64. The highest BCUT2D eigenvalue weighted by atomic mass is 35.5. The number of halogens is 2. The number of nitrogens with zero attached hydrogens (tertiary/aromatic N) is 3. The molecular formula is C12H12Cl2N4. The van der Waals surface area contributed by atoms with Crippen LogP contribution in [0, 0.1) is 0 Å². The molecule has 94 valence electrons. The summed E-state index contributed by atoms with van der Waals surface area (Å²) < 4.78 is 0. The minimum atomic E-state index is 0.0776. The van der Waals surface area contributed by atoms with Crippen LogP contribution in [0.4, 0.5) is 5.82 Å². The van der Waals surface area contributed by atoms with Gasteiger partial charge in [0, 0.05) is 6.04 Å². The van der Waals surface area contributed by atoms with Crippen molar-refractivity contribution in [1.82, 2.24) is 15.2 Å². The second-order valence-electron chi connectivity index (χ2n) is 3.96. The van der Waals surface area contributed by atoms with Crippen molar-refractivity contribution in [2.24, 2.45) is 0 Å². The zero-order valence-electron chi connectivity index (χ0n) is 9.77. The second kappa shape index (κ2) is 5.98. The van der Waals surface area contributed by atoms with Gasteiger partial charge in [-0.05, 0) is 30.5 Å². The summed E-state index contributed by atoms with van der Waals surface area (Å²) in [6, 6.07) is 10.3. The summed E-state index contributed by atoms with van der Waals surface area (Å²) in [5.74, 6) is 0.458. The molecule has 18 heavy (non-hydrogen) atoms. The van der Waals surface area contributed by atoms with E-state index in [1.54, 1.807) is 0 Å². The molecule has 1 unspecified atom stereocenters. The Morgan fingerprint density at radius 3 is 2.61 bits per heavy atom. The summed E-state index contributed by atoms with van der Waals surface area (Å²) in [5, 5.41) is 10.7. The molecule has 1 N–H and O–H groups in total. The Balaban J connectivity index is 2.03. The SMILES string of the molecule is CC(Cc1ccccc1)Nc1nc(Cl)nnc1Cl. The molecule has 0 spiro atoms. The van der Waals surface area contributed by atoms with E-state index in [2.05, 4.69) is 32.6 Å². The Kier molecular flexibility index (Phi) is 4.33. The van der Waals surface area contributed by atoms with Gasteiger partial charge in [-0.1, -0.05) is 41.9 Å². The van der Waals surface area contributed by atoms with Gasteiger partial charge in [0.25, 0.3) is 0 Å². The van der Waals surface area contributed by atoms with E-state index >= 15 is 0 Å². The highest BCUT2D eigenvalue weighted by Gasteiger charge is 2.10. The smallest absolute Gasteiger partial charge is 0.245 e. The second-order valence-corrected chi connectivity index (χ2v) is 4.65. The lowest BCUT2D eigenvalue weighted by molar-refractivity contribution is 0.779. The van der Waals surface area contributed by atoms with Crippen molar-refractivity contribution in [3.8, 4) is 0 Å². The van der Waals surface area contributed by atoms with Crippen LogP contribution in [0.15, 0.2) is 30.3 Å². The first-order chi connectivity index (χ1) is 8.65. The van der Waals surface area contributed by atoms with Gasteiger partial charge in [-0.3, -0.25) is 0 Å². The lowest BCUT2D eigenvalue weighted by Crippen LogP contribution is -2.19. The lowest BCUT2D eigenvalue weighted by atomic mass is 10.1. The molecule has 0 saturated carbocycles. The third kappa shape index (κ3) is 3.55. The number of hydrogen-bond acceptors (Lipinski definition) is 4. The van der Waals surface area contributed by atoms with Crippen LogP contribution in [-0.4, -0.2) is 21.2 Å². The first-order valence-electron chi connectivity index (χ1n) is 5.51. The molecule has 2 aromatic rings. The Hall–Kier alpha value is -1.39. The standard InChI is InChI=1S/C12H12Cl2N4/c1-8(7-9-5-3-2-4-6-9)15-11-10(13)17-18-12(14)16-11/h2-6,8H,7H2,1H3,(H,15,16,18). The van der Waals surface area contributed by atoms with E-state index < -0.39 is 0 Å². The quantitative estimate of drug-likeness (QED) is 0.936. The van der Waals surface area contributed by atoms with Crippen LogP contribution in [0.25, 0.3) is 0 Å². The van der Waals surface area contributed by atoms with Gasteiger partial charge in [-0.15, -0.1) is 10.2 Å². The molecular weight excluding hydrogens is 271 g/mol. The molecule has 0 amide bonds. The molecule has 0 fully saturated rings.